The number of carbonyl (C=O) groups excluding carboxylic acids is 8. The molecule has 0 bridgehead atoms. The molecule has 1 aromatic rings. The smallest absolute Gasteiger partial charge is 0.411 e. The van der Waals surface area contributed by atoms with Crippen LogP contribution in [0.2, 0.25) is 0 Å². The highest BCUT2D eigenvalue weighted by Gasteiger charge is 2.37. The Kier molecular flexibility index (Phi) is 75.8. The van der Waals surface area contributed by atoms with Crippen LogP contribution in [0.25, 0.3) is 0 Å². The highest BCUT2D eigenvalue weighted by molar-refractivity contribution is 6.15. The van der Waals surface area contributed by atoms with Crippen LogP contribution >= 0.6 is 0 Å². The molecule has 0 fully saturated rings. The van der Waals surface area contributed by atoms with Crippen LogP contribution in [0.3, 0.4) is 0 Å². The van der Waals surface area contributed by atoms with E-state index in [-0.39, 0.29) is 63.7 Å². The highest BCUT2D eigenvalue weighted by atomic mass is 16.6. The van der Waals surface area contributed by atoms with Gasteiger partial charge in [-0.2, -0.15) is 0 Å². The number of amides is 9. The predicted octanol–water partition coefficient (Wildman–Crippen LogP) is 0.307. The lowest BCUT2D eigenvalue weighted by Gasteiger charge is -2.29. The first-order chi connectivity index (χ1) is 59.6. The summed E-state index contributed by atoms with van der Waals surface area (Å²) in [5, 5.41) is 16.2. The zero-order valence-electron chi connectivity index (χ0n) is 72.3. The molecule has 0 saturated heterocycles. The third kappa shape index (κ3) is 68.8. The van der Waals surface area contributed by atoms with Gasteiger partial charge in [0, 0.05) is 49.9 Å². The summed E-state index contributed by atoms with van der Waals surface area (Å²) in [5.74, 6) is -3.98. The molecule has 1 heterocycles. The summed E-state index contributed by atoms with van der Waals surface area (Å²) in [4.78, 5) is 101. The Bertz CT molecular complexity index is 2730. The summed E-state index contributed by atoms with van der Waals surface area (Å²) in [5.41, 5.74) is 12.4. The summed E-state index contributed by atoms with van der Waals surface area (Å²) < 4.78 is 132. The molecule has 0 aromatic heterocycles. The molecule has 9 amide bonds. The number of unbranched alkanes of at least 4 members (excludes halogenated alkanes) is 1. The Morgan fingerprint density at radius 2 is 0.664 bits per heavy atom. The van der Waals surface area contributed by atoms with Crippen molar-refractivity contribution in [1.29, 1.82) is 0 Å². The lowest BCUT2D eigenvalue weighted by Crippen LogP contribution is -2.59. The average molecular weight is 1760 g/mol. The minimum atomic E-state index is -1.38. The van der Waals surface area contributed by atoms with Gasteiger partial charge >= 0.3 is 12.1 Å². The van der Waals surface area contributed by atoms with E-state index in [4.69, 9.17) is 125 Å². The minimum Gasteiger partial charge on any atom is -0.447 e. The number of carbonyl (C=O) groups is 8. The van der Waals surface area contributed by atoms with Gasteiger partial charge in [-0.3, -0.25) is 39.0 Å². The van der Waals surface area contributed by atoms with E-state index >= 15 is 0 Å². The molecule has 41 nitrogen and oxygen atoms in total. The van der Waals surface area contributed by atoms with Gasteiger partial charge in [0.2, 0.25) is 23.6 Å². The third-order valence-corrected chi connectivity index (χ3v) is 16.6. The van der Waals surface area contributed by atoms with Crippen LogP contribution in [0.4, 0.5) is 15.3 Å². The van der Waals surface area contributed by atoms with Gasteiger partial charge in [0.15, 0.2) is 0 Å². The van der Waals surface area contributed by atoms with Gasteiger partial charge in [-0.1, -0.05) is 26.0 Å². The highest BCUT2D eigenvalue weighted by Crippen LogP contribution is 2.13. The van der Waals surface area contributed by atoms with Crippen molar-refractivity contribution in [2.75, 3.05) is 335 Å². The number of nitrogens with two attached hydrogens (primary N) is 2. The molecule has 4 atom stereocenters. The maximum Gasteiger partial charge on any atom is 0.411 e. The molecular weight excluding hydrogens is 1610 g/mol. The molecule has 2 rings (SSSR count). The summed E-state index contributed by atoms with van der Waals surface area (Å²) in [6, 6.07) is 2.58. The Labute approximate surface area is 719 Å². The number of hydrogen-bond acceptors (Lipinski definition) is 33. The first-order valence-corrected chi connectivity index (χ1v) is 42.2. The van der Waals surface area contributed by atoms with Crippen molar-refractivity contribution in [3.8, 4) is 0 Å². The molecule has 0 saturated carbocycles. The lowest BCUT2D eigenvalue weighted by molar-refractivity contribution is -0.145. The predicted molar refractivity (Wildman–Crippen MR) is 443 cm³/mol. The van der Waals surface area contributed by atoms with Crippen LogP contribution in [0.1, 0.15) is 64.9 Å². The number of ether oxygens (including phenoxy) is 24. The third-order valence-electron chi connectivity index (χ3n) is 16.6. The number of nitrogens with zero attached hydrogens (tertiary/aromatic N) is 1. The molecule has 0 unspecified atom stereocenters. The number of hydrogen-bond donors (Lipinski definition) is 8. The molecule has 0 aliphatic carbocycles. The van der Waals surface area contributed by atoms with Crippen molar-refractivity contribution in [2.24, 2.45) is 17.4 Å². The van der Waals surface area contributed by atoms with E-state index in [0.29, 0.717) is 322 Å². The van der Waals surface area contributed by atoms with Crippen LogP contribution in [-0.2, 0) is 142 Å². The first kappa shape index (κ1) is 112. The second-order valence-electron chi connectivity index (χ2n) is 26.9. The van der Waals surface area contributed by atoms with Gasteiger partial charge in [-0.25, -0.2) is 9.59 Å². The van der Waals surface area contributed by atoms with Crippen LogP contribution in [0.5, 0.6) is 0 Å². The van der Waals surface area contributed by atoms with Crippen molar-refractivity contribution in [2.45, 2.75) is 83.5 Å². The molecule has 1 radical (unpaired) electrons. The minimum absolute atomic E-state index is 0.0863. The largest absolute Gasteiger partial charge is 0.447 e. The number of rotatable bonds is 91. The summed E-state index contributed by atoms with van der Waals surface area (Å²) in [7, 11) is 0. The average Bonchev–Trinajstić information content (AvgIpc) is 1.66. The van der Waals surface area contributed by atoms with E-state index in [0.717, 1.165) is 22.6 Å². The van der Waals surface area contributed by atoms with E-state index < -0.39 is 66.3 Å². The fourth-order valence-electron chi connectivity index (χ4n) is 10.2. The number of nitrogens with one attached hydrogen (secondary N) is 6. The fourth-order valence-corrected chi connectivity index (χ4v) is 10.2. The van der Waals surface area contributed by atoms with E-state index in [1.54, 1.807) is 45.0 Å². The van der Waals surface area contributed by atoms with Crippen molar-refractivity contribution in [1.82, 2.24) is 31.5 Å². The molecule has 1 aliphatic rings. The number of anilines is 1. The molecule has 0 spiro atoms. The number of primary amides is 1. The van der Waals surface area contributed by atoms with Gasteiger partial charge in [0.1, 0.15) is 24.7 Å². The normalized spacial score (nSPS) is 13.1. The summed E-state index contributed by atoms with van der Waals surface area (Å²) in [6.07, 6.45) is 3.55. The Morgan fingerprint density at radius 1 is 0.361 bits per heavy atom. The van der Waals surface area contributed by atoms with Crippen molar-refractivity contribution < 1.29 is 152 Å². The monoisotopic (exact) mass is 1750 g/mol. The van der Waals surface area contributed by atoms with Crippen LogP contribution < -0.4 is 43.4 Å². The zero-order valence-corrected chi connectivity index (χ0v) is 72.3. The first-order valence-electron chi connectivity index (χ1n) is 42.2. The number of imide groups is 1. The summed E-state index contributed by atoms with van der Waals surface area (Å²) in [6.45, 7) is 29.1. The van der Waals surface area contributed by atoms with Crippen LogP contribution in [0, 0.1) is 12.8 Å². The summed E-state index contributed by atoms with van der Waals surface area (Å²) >= 11 is 0. The molecule has 1 aliphatic heterocycles. The zero-order chi connectivity index (χ0) is 88.3. The van der Waals surface area contributed by atoms with Gasteiger partial charge in [-0.15, -0.1) is 0 Å². The van der Waals surface area contributed by atoms with Gasteiger partial charge < -0.3 is 152 Å². The molecule has 10 N–H and O–H groups in total. The number of benzene rings is 1. The number of urea groups is 1. The molecular formula is C81H144N9O32. The van der Waals surface area contributed by atoms with Crippen molar-refractivity contribution in [3.05, 3.63) is 48.9 Å². The molecule has 122 heavy (non-hydrogen) atoms. The second kappa shape index (κ2) is 82.8. The maximum absolute atomic E-state index is 13.8. The maximum atomic E-state index is 13.8. The SMILES string of the molecule is [CH2]c1ccc(NC(=O)OCCOCCOCCOCCOCCOCCOCCOCCOCCOCCOCCOCCOCCOCCOCCOCCOCCOCCOCCOCCOCCOCCOCCOCCC(=O)NCCCC[C@H](NC(=O)[C@H](CN)N2C(=O)C=CC2=O)C(=O)N[C@H](C(=O)N[C@@H](C)CCCNC(N)=O)C(C)C)cc1. The van der Waals surface area contributed by atoms with E-state index in [1.165, 1.54) is 0 Å². The Hall–Kier alpha value is -6.44. The van der Waals surface area contributed by atoms with E-state index in [1.807, 2.05) is 0 Å². The Morgan fingerprint density at radius 3 is 0.967 bits per heavy atom. The van der Waals surface area contributed by atoms with Crippen LogP contribution in [0.15, 0.2) is 36.4 Å². The topological polar surface area (TPSA) is 486 Å². The van der Waals surface area contributed by atoms with Gasteiger partial charge in [-0.05, 0) is 69.6 Å². The second-order valence-corrected chi connectivity index (χ2v) is 26.9. The lowest BCUT2D eigenvalue weighted by atomic mass is 10.0. The van der Waals surface area contributed by atoms with E-state index in [9.17, 15) is 38.4 Å². The van der Waals surface area contributed by atoms with Crippen LogP contribution in [-0.4, -0.2) is 407 Å². The molecule has 41 heteroatoms. The van der Waals surface area contributed by atoms with Gasteiger partial charge in [0.05, 0.1) is 304 Å². The van der Waals surface area contributed by atoms with Gasteiger partial charge in [0.25, 0.3) is 11.8 Å². The molecule has 1 aromatic carbocycles. The standard InChI is InChI=1S/C81H144N9O32/c1-67(2)76(79(96)86-69(4)8-7-18-85-80(83)97)89-77(94)71(88-78(95)72(66-82)90-74(92)14-15-75(90)93)9-5-6-17-84-73(91)16-19-99-20-21-100-22-23-101-24-25-102-26-27-103-28-29-104-30-31-105-32-33-106-34-35-107-36-37-108-38-39-109-40-41-110-42-43-111-44-45-112-46-47-113-48-49-114-50-51-115-52-53-116-54-55-117-56-57-118-58-59-119-60-61-120-62-63-121-64-65-122-81(98)87-70-12-10-68(3)11-13-70/h10-15,67,69,71-72,76H,3,5-9,16-66,82H2,1-2,4H3,(H,84,91)(H,86,96)(H,87,98)(H,88,95)(H,89,94)(H3,83,85,97)/t69-,71-,72-,76-/m0/s1. The van der Waals surface area contributed by atoms with Crippen molar-refractivity contribution in [3.63, 3.8) is 0 Å². The molecule has 705 valence electrons. The van der Waals surface area contributed by atoms with E-state index in [2.05, 4.69) is 38.8 Å². The Balaban J connectivity index is 1.21. The fraction of sp³-hybridized carbons (Fsp3) is 0.790. The quantitative estimate of drug-likeness (QED) is 0.0321. The van der Waals surface area contributed by atoms with Crippen molar-refractivity contribution >= 4 is 53.3 Å².